The number of carbonyl (C=O) groups excluding carboxylic acids is 2. The highest BCUT2D eigenvalue weighted by molar-refractivity contribution is 7.89. The first-order valence-electron chi connectivity index (χ1n) is 8.06. The molecular formula is C18H21N3O5S. The van der Waals surface area contributed by atoms with E-state index in [-0.39, 0.29) is 17.4 Å². The first-order valence-corrected chi connectivity index (χ1v) is 9.54. The Balaban J connectivity index is 1.89. The molecule has 0 radical (unpaired) electrons. The van der Waals surface area contributed by atoms with Crippen LogP contribution < -0.4 is 20.3 Å². The van der Waals surface area contributed by atoms with Crippen molar-refractivity contribution in [1.29, 1.82) is 0 Å². The van der Waals surface area contributed by atoms with Crippen molar-refractivity contribution >= 4 is 27.5 Å². The number of carbonyl (C=O) groups is 2. The van der Waals surface area contributed by atoms with Crippen LogP contribution in [0, 0.1) is 13.8 Å². The summed E-state index contributed by atoms with van der Waals surface area (Å²) in [5.74, 6) is -0.392. The van der Waals surface area contributed by atoms with Gasteiger partial charge in [0.2, 0.25) is 5.91 Å². The molecule has 0 heterocycles. The van der Waals surface area contributed by atoms with E-state index in [4.69, 9.17) is 4.74 Å². The van der Waals surface area contributed by atoms with E-state index in [1.54, 1.807) is 12.1 Å². The third-order valence-electron chi connectivity index (χ3n) is 3.66. The van der Waals surface area contributed by atoms with E-state index in [1.807, 2.05) is 24.7 Å². The van der Waals surface area contributed by atoms with Gasteiger partial charge < -0.3 is 10.1 Å². The van der Waals surface area contributed by atoms with Crippen LogP contribution in [0.15, 0.2) is 47.4 Å². The van der Waals surface area contributed by atoms with Crippen LogP contribution in [-0.4, -0.2) is 26.8 Å². The number of benzene rings is 2. The van der Waals surface area contributed by atoms with Crippen LogP contribution >= 0.6 is 0 Å². The van der Waals surface area contributed by atoms with E-state index in [0.29, 0.717) is 11.4 Å². The molecular weight excluding hydrogens is 370 g/mol. The van der Waals surface area contributed by atoms with Gasteiger partial charge in [-0.1, -0.05) is 6.07 Å². The van der Waals surface area contributed by atoms with Crippen molar-refractivity contribution in [3.63, 3.8) is 0 Å². The third-order valence-corrected chi connectivity index (χ3v) is 4.92. The van der Waals surface area contributed by atoms with E-state index in [0.717, 1.165) is 11.1 Å². The highest BCUT2D eigenvalue weighted by Gasteiger charge is 2.15. The van der Waals surface area contributed by atoms with Gasteiger partial charge in [0.05, 0.1) is 4.90 Å². The molecule has 0 saturated heterocycles. The van der Waals surface area contributed by atoms with Gasteiger partial charge in [0.1, 0.15) is 5.75 Å². The van der Waals surface area contributed by atoms with Crippen LogP contribution in [0.3, 0.4) is 0 Å². The molecule has 0 saturated carbocycles. The monoisotopic (exact) mass is 391 g/mol. The SMILES string of the molecule is CC(=O)Nc1ccc(S(=O)(=O)NNC(=O)COc2ccc(C)c(C)c2)cc1. The second-order valence-electron chi connectivity index (χ2n) is 5.89. The second-order valence-corrected chi connectivity index (χ2v) is 7.58. The minimum Gasteiger partial charge on any atom is -0.484 e. The Morgan fingerprint density at radius 2 is 1.67 bits per heavy atom. The summed E-state index contributed by atoms with van der Waals surface area (Å²) in [6, 6.07) is 10.9. The zero-order chi connectivity index (χ0) is 20.0. The molecule has 144 valence electrons. The molecule has 0 bridgehead atoms. The number of ether oxygens (including phenoxy) is 1. The van der Waals surface area contributed by atoms with Gasteiger partial charge in [-0.3, -0.25) is 15.0 Å². The van der Waals surface area contributed by atoms with Crippen molar-refractivity contribution in [3.05, 3.63) is 53.6 Å². The molecule has 0 aliphatic carbocycles. The largest absolute Gasteiger partial charge is 0.484 e. The van der Waals surface area contributed by atoms with E-state index >= 15 is 0 Å². The Hall–Kier alpha value is -2.91. The Morgan fingerprint density at radius 3 is 2.26 bits per heavy atom. The second kappa shape index (κ2) is 8.65. The zero-order valence-electron chi connectivity index (χ0n) is 15.2. The highest BCUT2D eigenvalue weighted by atomic mass is 32.2. The Morgan fingerprint density at radius 1 is 1.00 bits per heavy atom. The Bertz CT molecular complexity index is 940. The standard InChI is InChI=1S/C18H21N3O5S/c1-12-4-7-16(10-13(12)2)26-11-18(23)20-21-27(24,25)17-8-5-15(6-9-17)19-14(3)22/h4-10,21H,11H2,1-3H3,(H,19,22)(H,20,23). The average Bonchev–Trinajstić information content (AvgIpc) is 2.61. The Labute approximate surface area is 157 Å². The maximum Gasteiger partial charge on any atom is 0.272 e. The number of hydrazine groups is 1. The molecule has 2 amide bonds. The van der Waals surface area contributed by atoms with Crippen molar-refractivity contribution in [2.75, 3.05) is 11.9 Å². The number of amides is 2. The molecule has 9 heteroatoms. The zero-order valence-corrected chi connectivity index (χ0v) is 16.0. The normalized spacial score (nSPS) is 10.9. The molecule has 27 heavy (non-hydrogen) atoms. The fourth-order valence-electron chi connectivity index (χ4n) is 2.09. The Kier molecular flexibility index (Phi) is 6.54. The summed E-state index contributed by atoms with van der Waals surface area (Å²) in [4.78, 5) is 24.7. The smallest absolute Gasteiger partial charge is 0.272 e. The maximum absolute atomic E-state index is 12.2. The van der Waals surface area contributed by atoms with E-state index in [2.05, 4.69) is 10.7 Å². The summed E-state index contributed by atoms with van der Waals surface area (Å²) in [7, 11) is -3.95. The van der Waals surface area contributed by atoms with Crippen LogP contribution in [0.25, 0.3) is 0 Å². The van der Waals surface area contributed by atoms with Crippen molar-refractivity contribution < 1.29 is 22.7 Å². The molecule has 8 nitrogen and oxygen atoms in total. The number of anilines is 1. The van der Waals surface area contributed by atoms with E-state index < -0.39 is 15.9 Å². The molecule has 2 rings (SSSR count). The predicted octanol–water partition coefficient (Wildman–Crippen LogP) is 1.65. The summed E-state index contributed by atoms with van der Waals surface area (Å²) >= 11 is 0. The van der Waals surface area contributed by atoms with Gasteiger partial charge in [0, 0.05) is 12.6 Å². The summed E-state index contributed by atoms with van der Waals surface area (Å²) in [6.07, 6.45) is 0. The van der Waals surface area contributed by atoms with Gasteiger partial charge in [-0.05, 0) is 61.4 Å². The number of rotatable bonds is 7. The van der Waals surface area contributed by atoms with Gasteiger partial charge in [0.15, 0.2) is 6.61 Å². The molecule has 0 fully saturated rings. The van der Waals surface area contributed by atoms with Crippen molar-refractivity contribution in [2.24, 2.45) is 0 Å². The molecule has 0 unspecified atom stereocenters. The number of hydrogen-bond donors (Lipinski definition) is 3. The van der Waals surface area contributed by atoms with E-state index in [9.17, 15) is 18.0 Å². The summed E-state index contributed by atoms with van der Waals surface area (Å²) < 4.78 is 29.7. The van der Waals surface area contributed by atoms with Gasteiger partial charge in [-0.25, -0.2) is 8.42 Å². The molecule has 0 atom stereocenters. The lowest BCUT2D eigenvalue weighted by Crippen LogP contribution is -2.43. The number of hydrogen-bond acceptors (Lipinski definition) is 5. The summed E-state index contributed by atoms with van der Waals surface area (Å²) in [6.45, 7) is 4.89. The fraction of sp³-hybridized carbons (Fsp3) is 0.222. The third kappa shape index (κ3) is 6.08. The van der Waals surface area contributed by atoms with Crippen LogP contribution in [0.5, 0.6) is 5.75 Å². The number of nitrogens with one attached hydrogen (secondary N) is 3. The lowest BCUT2D eigenvalue weighted by molar-refractivity contribution is -0.123. The van der Waals surface area contributed by atoms with Gasteiger partial charge in [-0.2, -0.15) is 0 Å². The lowest BCUT2D eigenvalue weighted by atomic mass is 10.1. The topological polar surface area (TPSA) is 114 Å². The van der Waals surface area contributed by atoms with Gasteiger partial charge in [0.25, 0.3) is 15.9 Å². The molecule has 0 aliphatic rings. The molecule has 3 N–H and O–H groups in total. The van der Waals surface area contributed by atoms with Crippen LogP contribution in [0.2, 0.25) is 0 Å². The minimum absolute atomic E-state index is 0.0630. The van der Waals surface area contributed by atoms with Gasteiger partial charge >= 0.3 is 0 Å². The summed E-state index contributed by atoms with van der Waals surface area (Å²) in [5, 5.41) is 2.53. The minimum atomic E-state index is -3.95. The van der Waals surface area contributed by atoms with Crippen molar-refractivity contribution in [1.82, 2.24) is 10.3 Å². The molecule has 2 aromatic carbocycles. The molecule has 0 aliphatic heterocycles. The molecule has 2 aromatic rings. The highest BCUT2D eigenvalue weighted by Crippen LogP contribution is 2.16. The lowest BCUT2D eigenvalue weighted by Gasteiger charge is -2.11. The van der Waals surface area contributed by atoms with E-state index in [1.165, 1.54) is 31.2 Å². The molecule has 0 aromatic heterocycles. The maximum atomic E-state index is 12.2. The van der Waals surface area contributed by atoms with Crippen LogP contribution in [-0.2, 0) is 19.6 Å². The number of sulfonamides is 1. The van der Waals surface area contributed by atoms with Gasteiger partial charge in [-0.15, -0.1) is 4.83 Å². The average molecular weight is 391 g/mol. The quantitative estimate of drug-likeness (QED) is 0.621. The first kappa shape index (κ1) is 20.4. The summed E-state index contributed by atoms with van der Waals surface area (Å²) in [5.41, 5.74) is 4.68. The fourth-order valence-corrected chi connectivity index (χ4v) is 2.95. The number of aryl methyl sites for hydroxylation is 2. The van der Waals surface area contributed by atoms with Crippen molar-refractivity contribution in [3.8, 4) is 5.75 Å². The van der Waals surface area contributed by atoms with Crippen LogP contribution in [0.1, 0.15) is 18.1 Å². The first-order chi connectivity index (χ1) is 12.7. The molecule has 0 spiro atoms. The van der Waals surface area contributed by atoms with Crippen molar-refractivity contribution in [2.45, 2.75) is 25.7 Å². The predicted molar refractivity (Wildman–Crippen MR) is 101 cm³/mol. The van der Waals surface area contributed by atoms with Crippen LogP contribution in [0.4, 0.5) is 5.69 Å².